The predicted octanol–water partition coefficient (Wildman–Crippen LogP) is 3.04. The lowest BCUT2D eigenvalue weighted by molar-refractivity contribution is -0.117. The molecule has 1 saturated carbocycles. The number of amides is 1. The minimum absolute atomic E-state index is 0.0411. The number of rotatable bonds is 6. The summed E-state index contributed by atoms with van der Waals surface area (Å²) in [6.07, 6.45) is 2.37. The lowest BCUT2D eigenvalue weighted by Gasteiger charge is -2.10. The largest absolute Gasteiger partial charge is 0.326 e. The highest BCUT2D eigenvalue weighted by Gasteiger charge is 2.43. The third-order valence-corrected chi connectivity index (χ3v) is 6.32. The van der Waals surface area contributed by atoms with Gasteiger partial charge in [0, 0.05) is 17.2 Å². The first-order chi connectivity index (χ1) is 14.9. The van der Waals surface area contributed by atoms with Gasteiger partial charge in [0.15, 0.2) is 0 Å². The molecule has 8 heteroatoms. The van der Waals surface area contributed by atoms with Gasteiger partial charge in [-0.05, 0) is 53.3 Å². The molecule has 4 rings (SSSR count). The fraction of sp³-hybridized carbons (Fsp3) is 0.130. The summed E-state index contributed by atoms with van der Waals surface area (Å²) in [6.45, 7) is 0. The van der Waals surface area contributed by atoms with Crippen molar-refractivity contribution in [2.24, 2.45) is 22.0 Å². The van der Waals surface area contributed by atoms with Crippen LogP contribution in [0.4, 0.5) is 5.69 Å². The van der Waals surface area contributed by atoms with Crippen LogP contribution in [0.5, 0.6) is 0 Å². The molecule has 0 spiro atoms. The van der Waals surface area contributed by atoms with Gasteiger partial charge in [-0.3, -0.25) is 4.79 Å². The normalized spacial score (nSPS) is 18.1. The van der Waals surface area contributed by atoms with Gasteiger partial charge in [0.2, 0.25) is 15.9 Å². The molecule has 0 bridgehead atoms. The molecule has 0 saturated heterocycles. The van der Waals surface area contributed by atoms with Crippen LogP contribution in [0.25, 0.3) is 11.1 Å². The van der Waals surface area contributed by atoms with Crippen LogP contribution in [0.2, 0.25) is 0 Å². The molecule has 0 radical (unpaired) electrons. The van der Waals surface area contributed by atoms with Crippen molar-refractivity contribution in [2.75, 3.05) is 5.32 Å². The molecule has 0 unspecified atom stereocenters. The topological polar surface area (TPSA) is 128 Å². The molecule has 158 valence electrons. The Bertz CT molecular complexity index is 1250. The maximum atomic E-state index is 12.7. The molecule has 5 N–H and O–H groups in total. The number of primary sulfonamides is 1. The summed E-state index contributed by atoms with van der Waals surface area (Å²) in [5, 5.41) is 11.8. The predicted molar refractivity (Wildman–Crippen MR) is 121 cm³/mol. The van der Waals surface area contributed by atoms with Crippen LogP contribution in [-0.2, 0) is 14.8 Å². The van der Waals surface area contributed by atoms with E-state index in [0.29, 0.717) is 16.8 Å². The number of carbonyl (C=O) groups excluding carboxylic acids is 1. The van der Waals surface area contributed by atoms with E-state index >= 15 is 0 Å². The first-order valence-electron chi connectivity index (χ1n) is 9.73. The Kier molecular flexibility index (Phi) is 5.58. The zero-order valence-corrected chi connectivity index (χ0v) is 17.4. The molecule has 0 heterocycles. The number of benzene rings is 3. The van der Waals surface area contributed by atoms with Crippen LogP contribution in [0.15, 0.2) is 82.8 Å². The van der Waals surface area contributed by atoms with E-state index in [1.165, 1.54) is 6.07 Å². The van der Waals surface area contributed by atoms with E-state index in [4.69, 9.17) is 11.0 Å². The first kappa shape index (κ1) is 20.8. The highest BCUT2D eigenvalue weighted by molar-refractivity contribution is 7.89. The number of nitrogens with two attached hydrogens (primary N) is 2. The molecule has 1 aliphatic carbocycles. The fourth-order valence-electron chi connectivity index (χ4n) is 3.73. The lowest BCUT2D eigenvalue weighted by Crippen LogP contribution is -2.14. The van der Waals surface area contributed by atoms with E-state index in [-0.39, 0.29) is 22.6 Å². The number of sulfonamides is 1. The van der Waals surface area contributed by atoms with Gasteiger partial charge in [-0.1, -0.05) is 48.5 Å². The van der Waals surface area contributed by atoms with Crippen molar-refractivity contribution >= 4 is 27.8 Å². The van der Waals surface area contributed by atoms with Crippen LogP contribution < -0.4 is 16.3 Å². The maximum Gasteiger partial charge on any atom is 0.238 e. The van der Waals surface area contributed by atoms with E-state index in [1.54, 1.807) is 48.7 Å². The Hall–Kier alpha value is -3.49. The fourth-order valence-corrected chi connectivity index (χ4v) is 4.49. The van der Waals surface area contributed by atoms with E-state index < -0.39 is 10.0 Å². The van der Waals surface area contributed by atoms with Gasteiger partial charge < -0.3 is 11.2 Å². The molecule has 0 aromatic heterocycles. The Morgan fingerprint density at radius 2 is 1.77 bits per heavy atom. The summed E-state index contributed by atoms with van der Waals surface area (Å²) in [6, 6.07) is 21.4. The average Bonchev–Trinajstić information content (AvgIpc) is 3.55. The van der Waals surface area contributed by atoms with Crippen molar-refractivity contribution in [1.29, 1.82) is 0 Å². The SMILES string of the molecule is NN=Cc1cccc([C@@H]2C[C@H]2C(=O)Nc2ccc(-c3ccccc3S(N)(=O)=O)cc2)c1. The minimum atomic E-state index is -3.84. The molecular weight excluding hydrogens is 412 g/mol. The highest BCUT2D eigenvalue weighted by atomic mass is 32.2. The Morgan fingerprint density at radius 3 is 2.48 bits per heavy atom. The van der Waals surface area contributed by atoms with Gasteiger partial charge in [0.05, 0.1) is 11.1 Å². The third kappa shape index (κ3) is 4.65. The van der Waals surface area contributed by atoms with E-state index in [1.807, 2.05) is 24.3 Å². The Balaban J connectivity index is 1.45. The third-order valence-electron chi connectivity index (χ3n) is 5.35. The van der Waals surface area contributed by atoms with Gasteiger partial charge in [-0.2, -0.15) is 5.10 Å². The minimum Gasteiger partial charge on any atom is -0.326 e. The van der Waals surface area contributed by atoms with Crippen LogP contribution in [0.1, 0.15) is 23.5 Å². The van der Waals surface area contributed by atoms with Crippen LogP contribution in [-0.4, -0.2) is 20.5 Å². The van der Waals surface area contributed by atoms with Crippen molar-refractivity contribution in [3.63, 3.8) is 0 Å². The van der Waals surface area contributed by atoms with Crippen molar-refractivity contribution in [3.8, 4) is 11.1 Å². The van der Waals surface area contributed by atoms with Crippen LogP contribution in [0, 0.1) is 5.92 Å². The Labute approximate surface area is 180 Å². The summed E-state index contributed by atoms with van der Waals surface area (Å²) in [7, 11) is -3.84. The first-order valence-corrected chi connectivity index (χ1v) is 11.3. The van der Waals surface area contributed by atoms with Gasteiger partial charge in [-0.15, -0.1) is 0 Å². The molecule has 7 nitrogen and oxygen atoms in total. The van der Waals surface area contributed by atoms with E-state index in [2.05, 4.69) is 10.4 Å². The monoisotopic (exact) mass is 434 g/mol. The number of nitrogens with zero attached hydrogens (tertiary/aromatic N) is 1. The summed E-state index contributed by atoms with van der Waals surface area (Å²) in [5.74, 6) is 5.25. The van der Waals surface area contributed by atoms with Crippen molar-refractivity contribution in [1.82, 2.24) is 0 Å². The summed E-state index contributed by atoms with van der Waals surface area (Å²) in [5.41, 5.74) is 3.86. The molecule has 3 aromatic carbocycles. The smallest absolute Gasteiger partial charge is 0.238 e. The van der Waals surface area contributed by atoms with E-state index in [0.717, 1.165) is 17.5 Å². The summed E-state index contributed by atoms with van der Waals surface area (Å²) < 4.78 is 23.7. The molecule has 3 aromatic rings. The average molecular weight is 435 g/mol. The van der Waals surface area contributed by atoms with Crippen LogP contribution in [0.3, 0.4) is 0 Å². The van der Waals surface area contributed by atoms with Gasteiger partial charge >= 0.3 is 0 Å². The number of hydrogen-bond acceptors (Lipinski definition) is 5. The highest BCUT2D eigenvalue weighted by Crippen LogP contribution is 2.48. The quantitative estimate of drug-likeness (QED) is 0.313. The second-order valence-corrected chi connectivity index (χ2v) is 9.03. The molecule has 1 aliphatic rings. The number of nitrogens with one attached hydrogen (secondary N) is 1. The number of hydrazone groups is 1. The molecule has 1 fully saturated rings. The van der Waals surface area contributed by atoms with Gasteiger partial charge in [0.25, 0.3) is 0 Å². The van der Waals surface area contributed by atoms with Gasteiger partial charge in [0.1, 0.15) is 0 Å². The lowest BCUT2D eigenvalue weighted by atomic mass is 10.0. The van der Waals surface area contributed by atoms with Gasteiger partial charge in [-0.25, -0.2) is 13.6 Å². The van der Waals surface area contributed by atoms with Crippen molar-refractivity contribution in [3.05, 3.63) is 83.9 Å². The zero-order valence-electron chi connectivity index (χ0n) is 16.6. The second kappa shape index (κ2) is 8.33. The second-order valence-electron chi connectivity index (χ2n) is 7.50. The molecule has 31 heavy (non-hydrogen) atoms. The van der Waals surface area contributed by atoms with Crippen molar-refractivity contribution in [2.45, 2.75) is 17.2 Å². The number of carbonyl (C=O) groups is 1. The summed E-state index contributed by atoms with van der Waals surface area (Å²) >= 11 is 0. The maximum absolute atomic E-state index is 12.7. The number of anilines is 1. The van der Waals surface area contributed by atoms with Crippen molar-refractivity contribution < 1.29 is 13.2 Å². The van der Waals surface area contributed by atoms with Crippen LogP contribution >= 0.6 is 0 Å². The molecule has 0 aliphatic heterocycles. The number of hydrogen-bond donors (Lipinski definition) is 3. The zero-order chi connectivity index (χ0) is 22.0. The summed E-state index contributed by atoms with van der Waals surface area (Å²) in [4.78, 5) is 12.7. The standard InChI is InChI=1S/C23H22N4O3S/c24-26-14-15-4-3-5-17(12-15)20-13-21(20)23(28)27-18-10-8-16(9-11-18)19-6-1-2-7-22(19)31(25,29)30/h1-12,14,20-21H,13,24H2,(H,27,28)(H2,25,29,30)/t20-,21+/m0/s1. The Morgan fingerprint density at radius 1 is 1.03 bits per heavy atom. The molecular formula is C23H22N4O3S. The van der Waals surface area contributed by atoms with E-state index in [9.17, 15) is 13.2 Å². The molecule has 1 amide bonds. The molecule has 2 atom stereocenters.